The molecule has 0 radical (unpaired) electrons. The number of hydrazine groups is 1. The molecule has 2 aromatic rings. The summed E-state index contributed by atoms with van der Waals surface area (Å²) in [4.78, 5) is 24.6. The van der Waals surface area contributed by atoms with Gasteiger partial charge >= 0.3 is 0 Å². The standard InChI is InChI=1S/C21H27N5O/c1-12-5-6-16(13(2)9-12)21(27)26-11-19-17(10-14(26)3)20(24-15(4)23-19)18-7-8-22-25-18/h5-6,9,14,18,22,25H,7-8,10-11H2,1-4H3. The fourth-order valence-electron chi connectivity index (χ4n) is 4.21. The van der Waals surface area contributed by atoms with Crippen LogP contribution in [0.15, 0.2) is 18.2 Å². The largest absolute Gasteiger partial charge is 0.330 e. The zero-order valence-electron chi connectivity index (χ0n) is 16.5. The lowest BCUT2D eigenvalue weighted by molar-refractivity contribution is 0.0652. The summed E-state index contributed by atoms with van der Waals surface area (Å²) in [6.45, 7) is 9.59. The van der Waals surface area contributed by atoms with Gasteiger partial charge in [-0.1, -0.05) is 17.7 Å². The number of carbonyl (C=O) groups is 1. The molecular formula is C21H27N5O. The molecule has 2 unspecified atom stereocenters. The molecule has 0 aliphatic carbocycles. The summed E-state index contributed by atoms with van der Waals surface area (Å²) in [7, 11) is 0. The third kappa shape index (κ3) is 3.35. The van der Waals surface area contributed by atoms with Crippen molar-refractivity contribution in [2.45, 2.75) is 59.2 Å². The first-order chi connectivity index (χ1) is 12.9. The number of amides is 1. The van der Waals surface area contributed by atoms with Gasteiger partial charge in [0.2, 0.25) is 0 Å². The summed E-state index contributed by atoms with van der Waals surface area (Å²) in [6, 6.07) is 6.35. The van der Waals surface area contributed by atoms with Gasteiger partial charge in [-0.15, -0.1) is 0 Å². The van der Waals surface area contributed by atoms with Crippen LogP contribution in [0.5, 0.6) is 0 Å². The first kappa shape index (κ1) is 18.1. The summed E-state index contributed by atoms with van der Waals surface area (Å²) in [6.07, 6.45) is 1.81. The summed E-state index contributed by atoms with van der Waals surface area (Å²) in [5, 5.41) is 0. The van der Waals surface area contributed by atoms with Gasteiger partial charge in [-0.05, 0) is 52.2 Å². The molecule has 2 atom stereocenters. The monoisotopic (exact) mass is 365 g/mol. The van der Waals surface area contributed by atoms with Gasteiger partial charge in [0.1, 0.15) is 5.82 Å². The molecule has 142 valence electrons. The maximum atomic E-state index is 13.2. The van der Waals surface area contributed by atoms with Crippen LogP contribution in [0.2, 0.25) is 0 Å². The van der Waals surface area contributed by atoms with Crippen molar-refractivity contribution in [1.82, 2.24) is 25.7 Å². The molecule has 2 aliphatic heterocycles. The zero-order chi connectivity index (χ0) is 19.1. The Balaban J connectivity index is 1.67. The van der Waals surface area contributed by atoms with E-state index in [0.717, 1.165) is 47.7 Å². The van der Waals surface area contributed by atoms with E-state index in [1.54, 1.807) is 0 Å². The Bertz CT molecular complexity index is 888. The van der Waals surface area contributed by atoms with E-state index in [9.17, 15) is 4.79 Å². The molecule has 1 aromatic heterocycles. The second-order valence-electron chi connectivity index (χ2n) is 7.80. The minimum absolute atomic E-state index is 0.0872. The third-order valence-electron chi connectivity index (χ3n) is 5.63. The lowest BCUT2D eigenvalue weighted by Gasteiger charge is -2.36. The van der Waals surface area contributed by atoms with Crippen molar-refractivity contribution in [3.05, 3.63) is 57.7 Å². The van der Waals surface area contributed by atoms with Gasteiger partial charge < -0.3 is 4.90 Å². The van der Waals surface area contributed by atoms with Crippen molar-refractivity contribution in [3.8, 4) is 0 Å². The smallest absolute Gasteiger partial charge is 0.254 e. The molecule has 6 heteroatoms. The molecule has 4 rings (SSSR count). The highest BCUT2D eigenvalue weighted by molar-refractivity contribution is 5.96. The Labute approximate surface area is 160 Å². The molecule has 1 saturated heterocycles. The van der Waals surface area contributed by atoms with Crippen molar-refractivity contribution >= 4 is 5.91 Å². The normalized spacial score (nSPS) is 22.0. The van der Waals surface area contributed by atoms with Gasteiger partial charge in [0.05, 0.1) is 24.0 Å². The average Bonchev–Trinajstić information content (AvgIpc) is 3.15. The van der Waals surface area contributed by atoms with Crippen LogP contribution >= 0.6 is 0 Å². The van der Waals surface area contributed by atoms with Gasteiger partial charge in [-0.3, -0.25) is 10.2 Å². The maximum Gasteiger partial charge on any atom is 0.254 e. The predicted molar refractivity (Wildman–Crippen MR) is 104 cm³/mol. The highest BCUT2D eigenvalue weighted by atomic mass is 16.2. The number of aryl methyl sites for hydroxylation is 3. The molecule has 2 N–H and O–H groups in total. The van der Waals surface area contributed by atoms with Crippen LogP contribution in [0.3, 0.4) is 0 Å². The maximum absolute atomic E-state index is 13.2. The second-order valence-corrected chi connectivity index (χ2v) is 7.80. The van der Waals surface area contributed by atoms with Gasteiger partial charge in [0.25, 0.3) is 5.91 Å². The summed E-state index contributed by atoms with van der Waals surface area (Å²) < 4.78 is 0. The van der Waals surface area contributed by atoms with Gasteiger partial charge in [0, 0.05) is 23.7 Å². The summed E-state index contributed by atoms with van der Waals surface area (Å²) >= 11 is 0. The molecule has 0 bridgehead atoms. The molecule has 27 heavy (non-hydrogen) atoms. The molecule has 3 heterocycles. The Hall–Kier alpha value is -2.31. The Morgan fingerprint density at radius 1 is 1.22 bits per heavy atom. The van der Waals surface area contributed by atoms with Gasteiger partial charge in [-0.2, -0.15) is 0 Å². The van der Waals surface area contributed by atoms with Gasteiger partial charge in [0.15, 0.2) is 0 Å². The summed E-state index contributed by atoms with van der Waals surface area (Å²) in [5.74, 6) is 0.857. The molecular weight excluding hydrogens is 338 g/mol. The first-order valence-electron chi connectivity index (χ1n) is 9.67. The SMILES string of the molecule is Cc1ccc(C(=O)N2Cc3nc(C)nc(C4CCNN4)c3CC2C)c(C)c1. The number of benzene rings is 1. The quantitative estimate of drug-likeness (QED) is 0.856. The fourth-order valence-corrected chi connectivity index (χ4v) is 4.21. The van der Waals surface area contributed by atoms with Crippen molar-refractivity contribution in [2.24, 2.45) is 0 Å². The minimum atomic E-state index is 0.0872. The lowest BCUT2D eigenvalue weighted by Crippen LogP contribution is -2.44. The highest BCUT2D eigenvalue weighted by Crippen LogP contribution is 2.30. The predicted octanol–water partition coefficient (Wildman–Crippen LogP) is 2.53. The van der Waals surface area contributed by atoms with Crippen LogP contribution in [-0.4, -0.2) is 33.4 Å². The van der Waals surface area contributed by atoms with Crippen LogP contribution < -0.4 is 10.9 Å². The molecule has 1 fully saturated rings. The molecule has 0 spiro atoms. The van der Waals surface area contributed by atoms with Crippen molar-refractivity contribution in [1.29, 1.82) is 0 Å². The van der Waals surface area contributed by atoms with Crippen LogP contribution in [0.1, 0.15) is 63.6 Å². The molecule has 1 amide bonds. The molecule has 2 aliphatic rings. The van der Waals surface area contributed by atoms with Crippen molar-refractivity contribution in [2.75, 3.05) is 6.54 Å². The first-order valence-corrected chi connectivity index (χ1v) is 9.67. The molecule has 0 saturated carbocycles. The van der Waals surface area contributed by atoms with Crippen LogP contribution in [0.25, 0.3) is 0 Å². The Morgan fingerprint density at radius 3 is 2.74 bits per heavy atom. The number of nitrogens with zero attached hydrogens (tertiary/aromatic N) is 3. The number of carbonyl (C=O) groups excluding carboxylic acids is 1. The topological polar surface area (TPSA) is 70.2 Å². The average molecular weight is 365 g/mol. The number of aromatic nitrogens is 2. The number of hydrogen-bond donors (Lipinski definition) is 2. The highest BCUT2D eigenvalue weighted by Gasteiger charge is 2.33. The van der Waals surface area contributed by atoms with Crippen molar-refractivity contribution < 1.29 is 4.79 Å². The Morgan fingerprint density at radius 2 is 2.04 bits per heavy atom. The van der Waals surface area contributed by atoms with Crippen LogP contribution in [0.4, 0.5) is 0 Å². The second kappa shape index (κ2) is 7.02. The van der Waals surface area contributed by atoms with Crippen molar-refractivity contribution in [3.63, 3.8) is 0 Å². The number of rotatable bonds is 2. The molecule has 6 nitrogen and oxygen atoms in total. The van der Waals surface area contributed by atoms with E-state index in [2.05, 4.69) is 28.8 Å². The Kier molecular flexibility index (Phi) is 4.70. The van der Waals surface area contributed by atoms with E-state index < -0.39 is 0 Å². The van der Waals surface area contributed by atoms with E-state index in [-0.39, 0.29) is 18.0 Å². The lowest BCUT2D eigenvalue weighted by atomic mass is 9.92. The molecule has 1 aromatic carbocycles. The number of nitrogens with one attached hydrogen (secondary N) is 2. The number of hydrogen-bond acceptors (Lipinski definition) is 5. The zero-order valence-corrected chi connectivity index (χ0v) is 16.5. The summed E-state index contributed by atoms with van der Waals surface area (Å²) in [5.41, 5.74) is 12.8. The van der Waals surface area contributed by atoms with E-state index in [1.807, 2.05) is 37.8 Å². The van der Waals surface area contributed by atoms with Crippen LogP contribution in [0, 0.1) is 20.8 Å². The van der Waals surface area contributed by atoms with E-state index in [1.165, 1.54) is 11.1 Å². The van der Waals surface area contributed by atoms with E-state index in [4.69, 9.17) is 4.98 Å². The minimum Gasteiger partial charge on any atom is -0.330 e. The number of fused-ring (bicyclic) bond motifs is 1. The van der Waals surface area contributed by atoms with Gasteiger partial charge in [-0.25, -0.2) is 15.4 Å². The van der Waals surface area contributed by atoms with Crippen LogP contribution in [-0.2, 0) is 13.0 Å². The van der Waals surface area contributed by atoms with E-state index in [0.29, 0.717) is 6.54 Å². The third-order valence-corrected chi connectivity index (χ3v) is 5.63. The fraction of sp³-hybridized carbons (Fsp3) is 0.476. The van der Waals surface area contributed by atoms with E-state index >= 15 is 0 Å².